The molecule has 0 fully saturated rings. The first-order valence-electron chi connectivity index (χ1n) is 10.4. The van der Waals surface area contributed by atoms with Crippen molar-refractivity contribution in [3.05, 3.63) is 94.1 Å². The number of benzene rings is 3. The molecular weight excluding hydrogens is 422 g/mol. The molecule has 1 amide bonds. The highest BCUT2D eigenvalue weighted by Crippen LogP contribution is 2.26. The zero-order valence-electron chi connectivity index (χ0n) is 18.0. The molecule has 0 saturated carbocycles. The van der Waals surface area contributed by atoms with Gasteiger partial charge in [0.2, 0.25) is 0 Å². The molecule has 4 aromatic rings. The fourth-order valence-electron chi connectivity index (χ4n) is 3.50. The van der Waals surface area contributed by atoms with E-state index in [-0.39, 0.29) is 12.5 Å². The van der Waals surface area contributed by atoms with Gasteiger partial charge in [-0.2, -0.15) is 0 Å². The Morgan fingerprint density at radius 3 is 2.69 bits per heavy atom. The summed E-state index contributed by atoms with van der Waals surface area (Å²) in [6.07, 6.45) is 0.813. The number of hydrogen-bond acceptors (Lipinski definition) is 4. The van der Waals surface area contributed by atoms with Gasteiger partial charge in [-0.15, -0.1) is 0 Å². The smallest absolute Gasteiger partial charge is 0.256 e. The molecule has 0 bridgehead atoms. The van der Waals surface area contributed by atoms with Crippen LogP contribution in [0.15, 0.2) is 66.7 Å². The third-order valence-electron chi connectivity index (χ3n) is 5.30. The lowest BCUT2D eigenvalue weighted by atomic mass is 10.1. The first kappa shape index (κ1) is 21.7. The van der Waals surface area contributed by atoms with E-state index in [1.165, 1.54) is 0 Å². The van der Waals surface area contributed by atoms with Crippen LogP contribution in [0.4, 0.5) is 11.4 Å². The molecule has 1 aromatic heterocycles. The van der Waals surface area contributed by atoms with Crippen LogP contribution in [0, 0.1) is 6.92 Å². The van der Waals surface area contributed by atoms with Crippen LogP contribution in [0.25, 0.3) is 10.9 Å². The Morgan fingerprint density at radius 2 is 1.91 bits per heavy atom. The Labute approximate surface area is 192 Å². The zero-order chi connectivity index (χ0) is 22.7. The second kappa shape index (κ2) is 9.28. The minimum Gasteiger partial charge on any atom is -0.489 e. The van der Waals surface area contributed by atoms with Crippen LogP contribution in [0.1, 0.15) is 34.1 Å². The summed E-state index contributed by atoms with van der Waals surface area (Å²) in [5.41, 5.74) is 11.5. The lowest BCUT2D eigenvalue weighted by molar-refractivity contribution is 0.102. The lowest BCUT2D eigenvalue weighted by Crippen LogP contribution is -2.15. The molecule has 4 rings (SSSR count). The van der Waals surface area contributed by atoms with Crippen molar-refractivity contribution >= 4 is 39.8 Å². The van der Waals surface area contributed by atoms with Gasteiger partial charge in [-0.25, -0.2) is 0 Å². The molecular formula is C26H24ClN3O2. The lowest BCUT2D eigenvalue weighted by Gasteiger charge is -2.13. The predicted octanol–water partition coefficient (Wildman–Crippen LogP) is 6.17. The molecule has 0 unspecified atom stereocenters. The minimum atomic E-state index is -0.215. The molecule has 0 aliphatic carbocycles. The molecule has 5 nitrogen and oxygen atoms in total. The summed E-state index contributed by atoms with van der Waals surface area (Å²) in [5, 5.41) is 4.47. The number of carbonyl (C=O) groups is 1. The minimum absolute atomic E-state index is 0.215. The van der Waals surface area contributed by atoms with Crippen molar-refractivity contribution < 1.29 is 9.53 Å². The number of nitrogens with zero attached hydrogens (tertiary/aromatic N) is 1. The van der Waals surface area contributed by atoms with Gasteiger partial charge in [0.05, 0.1) is 5.52 Å². The molecule has 0 spiro atoms. The predicted molar refractivity (Wildman–Crippen MR) is 130 cm³/mol. The van der Waals surface area contributed by atoms with E-state index >= 15 is 0 Å². The monoisotopic (exact) mass is 445 g/mol. The third kappa shape index (κ3) is 4.68. The highest BCUT2D eigenvalue weighted by molar-refractivity contribution is 6.31. The van der Waals surface area contributed by atoms with Crippen molar-refractivity contribution in [2.75, 3.05) is 11.1 Å². The van der Waals surface area contributed by atoms with Gasteiger partial charge >= 0.3 is 0 Å². The first-order chi connectivity index (χ1) is 15.4. The summed E-state index contributed by atoms with van der Waals surface area (Å²) in [4.78, 5) is 17.6. The van der Waals surface area contributed by atoms with Crippen LogP contribution in [-0.2, 0) is 13.0 Å². The van der Waals surface area contributed by atoms with E-state index in [9.17, 15) is 4.79 Å². The van der Waals surface area contributed by atoms with Gasteiger partial charge in [-0.3, -0.25) is 9.78 Å². The Morgan fingerprint density at radius 1 is 1.09 bits per heavy atom. The fraction of sp³-hybridized carbons (Fsp3) is 0.154. The molecule has 3 aromatic carbocycles. The SMILES string of the molecule is CCc1cc(N)c2cc(NC(=O)c3ccccc3COc3ccc(Cl)c(C)c3)ccc2n1. The average Bonchev–Trinajstić information content (AvgIpc) is 2.80. The number of amides is 1. The zero-order valence-corrected chi connectivity index (χ0v) is 18.7. The molecule has 0 aliphatic heterocycles. The van der Waals surface area contributed by atoms with Gasteiger partial charge in [0.25, 0.3) is 5.91 Å². The highest BCUT2D eigenvalue weighted by atomic mass is 35.5. The molecule has 162 valence electrons. The summed E-state index contributed by atoms with van der Waals surface area (Å²) >= 11 is 6.08. The molecule has 1 heterocycles. The number of aromatic nitrogens is 1. The number of nitrogens with two attached hydrogens (primary N) is 1. The van der Waals surface area contributed by atoms with E-state index in [4.69, 9.17) is 22.1 Å². The second-order valence-electron chi connectivity index (χ2n) is 7.60. The number of anilines is 2. The van der Waals surface area contributed by atoms with E-state index in [0.717, 1.165) is 34.1 Å². The number of hydrogen-bond donors (Lipinski definition) is 2. The number of nitrogen functional groups attached to an aromatic ring is 1. The van der Waals surface area contributed by atoms with E-state index in [0.29, 0.717) is 27.7 Å². The van der Waals surface area contributed by atoms with E-state index in [2.05, 4.69) is 10.3 Å². The van der Waals surface area contributed by atoms with Crippen molar-refractivity contribution in [2.24, 2.45) is 0 Å². The van der Waals surface area contributed by atoms with Gasteiger partial charge in [0.15, 0.2) is 0 Å². The van der Waals surface area contributed by atoms with E-state index in [1.54, 1.807) is 12.1 Å². The standard InChI is InChI=1S/C26H24ClN3O2/c1-3-18-14-24(28)22-13-19(8-11-25(22)29-18)30-26(31)21-7-5-4-6-17(21)15-32-20-9-10-23(27)16(2)12-20/h4-14H,3,15H2,1-2H3,(H2,28,29)(H,30,31). The van der Waals surface area contributed by atoms with Crippen molar-refractivity contribution in [3.63, 3.8) is 0 Å². The maximum absolute atomic E-state index is 13.0. The Balaban J connectivity index is 1.53. The number of pyridine rings is 1. The van der Waals surface area contributed by atoms with Crippen LogP contribution >= 0.6 is 11.6 Å². The van der Waals surface area contributed by atoms with Crippen molar-refractivity contribution in [2.45, 2.75) is 26.9 Å². The van der Waals surface area contributed by atoms with Crippen molar-refractivity contribution in [3.8, 4) is 5.75 Å². The molecule has 6 heteroatoms. The fourth-order valence-corrected chi connectivity index (χ4v) is 3.62. The number of carbonyl (C=O) groups excluding carboxylic acids is 1. The van der Waals surface area contributed by atoms with Crippen LogP contribution in [0.5, 0.6) is 5.75 Å². The van der Waals surface area contributed by atoms with Gasteiger partial charge in [0.1, 0.15) is 12.4 Å². The molecule has 0 radical (unpaired) electrons. The van der Waals surface area contributed by atoms with E-state index in [1.807, 2.05) is 68.4 Å². The number of rotatable bonds is 6. The summed E-state index contributed by atoms with van der Waals surface area (Å²) in [6.45, 7) is 4.22. The normalized spacial score (nSPS) is 10.8. The maximum Gasteiger partial charge on any atom is 0.256 e. The summed E-state index contributed by atoms with van der Waals surface area (Å²) in [6, 6.07) is 20.3. The van der Waals surface area contributed by atoms with Gasteiger partial charge in [-0.05, 0) is 67.4 Å². The van der Waals surface area contributed by atoms with Gasteiger partial charge < -0.3 is 15.8 Å². The number of halogens is 1. The molecule has 0 aliphatic rings. The summed E-state index contributed by atoms with van der Waals surface area (Å²) < 4.78 is 5.90. The quantitative estimate of drug-likeness (QED) is 0.372. The van der Waals surface area contributed by atoms with Crippen molar-refractivity contribution in [1.29, 1.82) is 0 Å². The van der Waals surface area contributed by atoms with Crippen LogP contribution < -0.4 is 15.8 Å². The number of ether oxygens (including phenoxy) is 1. The summed E-state index contributed by atoms with van der Waals surface area (Å²) in [7, 11) is 0. The summed E-state index contributed by atoms with van der Waals surface area (Å²) in [5.74, 6) is 0.485. The van der Waals surface area contributed by atoms with Gasteiger partial charge in [-0.1, -0.05) is 36.7 Å². The molecule has 0 atom stereocenters. The molecule has 3 N–H and O–H groups in total. The second-order valence-corrected chi connectivity index (χ2v) is 8.01. The number of aryl methyl sites for hydroxylation is 2. The van der Waals surface area contributed by atoms with Crippen LogP contribution in [0.2, 0.25) is 5.02 Å². The maximum atomic E-state index is 13.0. The number of fused-ring (bicyclic) bond motifs is 1. The highest BCUT2D eigenvalue weighted by Gasteiger charge is 2.13. The Hall–Kier alpha value is -3.57. The van der Waals surface area contributed by atoms with E-state index < -0.39 is 0 Å². The van der Waals surface area contributed by atoms with Gasteiger partial charge in [0, 0.05) is 38.6 Å². The third-order valence-corrected chi connectivity index (χ3v) is 5.72. The average molecular weight is 446 g/mol. The van der Waals surface area contributed by atoms with Crippen LogP contribution in [0.3, 0.4) is 0 Å². The largest absolute Gasteiger partial charge is 0.489 e. The Kier molecular flexibility index (Phi) is 6.28. The topological polar surface area (TPSA) is 77.2 Å². The van der Waals surface area contributed by atoms with Crippen LogP contribution in [-0.4, -0.2) is 10.9 Å². The molecule has 0 saturated heterocycles. The number of nitrogens with one attached hydrogen (secondary N) is 1. The molecule has 32 heavy (non-hydrogen) atoms. The first-order valence-corrected chi connectivity index (χ1v) is 10.8. The Bertz CT molecular complexity index is 1300. The van der Waals surface area contributed by atoms with Crippen molar-refractivity contribution in [1.82, 2.24) is 4.98 Å².